The average Bonchev–Trinajstić information content (AvgIpc) is 2.62. The summed E-state index contributed by atoms with van der Waals surface area (Å²) in [7, 11) is 0. The molecule has 0 bridgehead atoms. The fraction of sp³-hybridized carbons (Fsp3) is 0.538. The minimum atomic E-state index is 0.527. The lowest BCUT2D eigenvalue weighted by Gasteiger charge is -2.20. The molecule has 1 aliphatic heterocycles. The second-order valence-electron chi connectivity index (χ2n) is 4.42. The predicted octanol–water partition coefficient (Wildman–Crippen LogP) is 3.02. The lowest BCUT2D eigenvalue weighted by atomic mass is 9.86. The molecule has 3 atom stereocenters. The fourth-order valence-electron chi connectivity index (χ4n) is 2.16. The summed E-state index contributed by atoms with van der Waals surface area (Å²) < 4.78 is 0. The van der Waals surface area contributed by atoms with E-state index >= 15 is 0 Å². The first-order chi connectivity index (χ1) is 6.81. The van der Waals surface area contributed by atoms with Gasteiger partial charge in [0.2, 0.25) is 0 Å². The van der Waals surface area contributed by atoms with Crippen LogP contribution in [0.5, 0.6) is 0 Å². The topological polar surface area (TPSA) is 12.0 Å². The van der Waals surface area contributed by atoms with Crippen molar-refractivity contribution in [1.29, 1.82) is 0 Å². The van der Waals surface area contributed by atoms with E-state index in [-0.39, 0.29) is 0 Å². The molecule has 0 radical (unpaired) electrons. The molecule has 1 heteroatoms. The third kappa shape index (κ3) is 1.77. The van der Waals surface area contributed by atoms with Gasteiger partial charge >= 0.3 is 0 Å². The first-order valence-electron chi connectivity index (χ1n) is 5.61. The molecule has 0 aromatic heterocycles. The molecule has 2 aliphatic rings. The van der Waals surface area contributed by atoms with Crippen molar-refractivity contribution in [2.24, 2.45) is 11.8 Å². The molecule has 1 aliphatic carbocycles. The minimum absolute atomic E-state index is 0.527. The molecule has 2 rings (SSSR count). The van der Waals surface area contributed by atoms with E-state index in [1.165, 1.54) is 12.8 Å². The molecule has 1 nitrogen and oxygen atoms in total. The molecular weight excluding hydrogens is 170 g/mol. The third-order valence-electron chi connectivity index (χ3n) is 3.31. The Kier molecular flexibility index (Phi) is 2.76. The summed E-state index contributed by atoms with van der Waals surface area (Å²) >= 11 is 0. The van der Waals surface area contributed by atoms with Crippen LogP contribution in [0.3, 0.4) is 0 Å². The maximum absolute atomic E-state index is 3.44. The van der Waals surface area contributed by atoms with Crippen molar-refractivity contribution in [2.45, 2.75) is 32.7 Å². The molecule has 76 valence electrons. The van der Waals surface area contributed by atoms with Crippen LogP contribution in [0, 0.1) is 11.8 Å². The number of hydrogen-bond donors (Lipinski definition) is 1. The molecular formula is C13H19N. The molecule has 14 heavy (non-hydrogen) atoms. The maximum atomic E-state index is 3.44. The van der Waals surface area contributed by atoms with Crippen LogP contribution < -0.4 is 5.32 Å². The van der Waals surface area contributed by atoms with E-state index in [1.54, 1.807) is 5.57 Å². The van der Waals surface area contributed by atoms with Crippen LogP contribution in [0.1, 0.15) is 26.7 Å². The molecule has 0 fully saturated rings. The summed E-state index contributed by atoms with van der Waals surface area (Å²) in [6.07, 6.45) is 13.6. The van der Waals surface area contributed by atoms with Crippen molar-refractivity contribution < 1.29 is 0 Å². The van der Waals surface area contributed by atoms with Gasteiger partial charge in [0, 0.05) is 5.92 Å². The Morgan fingerprint density at radius 1 is 1.36 bits per heavy atom. The molecule has 0 spiro atoms. The first kappa shape index (κ1) is 9.57. The van der Waals surface area contributed by atoms with Crippen LogP contribution in [0.2, 0.25) is 0 Å². The summed E-state index contributed by atoms with van der Waals surface area (Å²) in [6, 6.07) is 0.527. The summed E-state index contributed by atoms with van der Waals surface area (Å²) in [4.78, 5) is 0. The van der Waals surface area contributed by atoms with E-state index in [0.29, 0.717) is 12.0 Å². The van der Waals surface area contributed by atoms with Crippen molar-refractivity contribution in [3.63, 3.8) is 0 Å². The van der Waals surface area contributed by atoms with Gasteiger partial charge in [-0.1, -0.05) is 44.6 Å². The number of nitrogens with one attached hydrogen (secondary N) is 1. The van der Waals surface area contributed by atoms with E-state index < -0.39 is 0 Å². The molecule has 0 amide bonds. The number of fused-ring (bicyclic) bond motifs is 1. The zero-order valence-electron chi connectivity index (χ0n) is 9.03. The van der Waals surface area contributed by atoms with Crippen LogP contribution >= 0.6 is 0 Å². The van der Waals surface area contributed by atoms with Gasteiger partial charge in [-0.3, -0.25) is 0 Å². The van der Waals surface area contributed by atoms with Gasteiger partial charge in [-0.2, -0.15) is 0 Å². The zero-order valence-corrected chi connectivity index (χ0v) is 9.03. The summed E-state index contributed by atoms with van der Waals surface area (Å²) in [5.74, 6) is 1.43. The van der Waals surface area contributed by atoms with Crippen molar-refractivity contribution >= 4 is 0 Å². The van der Waals surface area contributed by atoms with Crippen molar-refractivity contribution in [3.05, 3.63) is 36.1 Å². The number of hydrogen-bond acceptors (Lipinski definition) is 1. The Bertz CT molecular complexity index is 286. The van der Waals surface area contributed by atoms with Gasteiger partial charge in [0.15, 0.2) is 0 Å². The van der Waals surface area contributed by atoms with Gasteiger partial charge in [-0.05, 0) is 24.1 Å². The van der Waals surface area contributed by atoms with E-state index in [2.05, 4.69) is 49.7 Å². The van der Waals surface area contributed by atoms with Gasteiger partial charge in [0.1, 0.15) is 0 Å². The highest BCUT2D eigenvalue weighted by atomic mass is 14.9. The highest BCUT2D eigenvalue weighted by Crippen LogP contribution is 2.31. The normalized spacial score (nSPS) is 30.9. The SMILES string of the molecule is CC[C@H](C)CC1=CNC2C=CC=CC12. The van der Waals surface area contributed by atoms with E-state index in [4.69, 9.17) is 0 Å². The highest BCUT2D eigenvalue weighted by Gasteiger charge is 2.26. The van der Waals surface area contributed by atoms with Crippen molar-refractivity contribution in [2.75, 3.05) is 0 Å². The Balaban J connectivity index is 2.01. The molecule has 0 saturated carbocycles. The Hall–Kier alpha value is -0.980. The van der Waals surface area contributed by atoms with Crippen molar-refractivity contribution in [3.8, 4) is 0 Å². The summed E-state index contributed by atoms with van der Waals surface area (Å²) in [6.45, 7) is 4.60. The lowest BCUT2D eigenvalue weighted by molar-refractivity contribution is 0.523. The zero-order chi connectivity index (χ0) is 9.97. The van der Waals surface area contributed by atoms with Gasteiger partial charge in [0.25, 0.3) is 0 Å². The minimum Gasteiger partial charge on any atom is -0.384 e. The van der Waals surface area contributed by atoms with E-state index in [9.17, 15) is 0 Å². The Labute approximate surface area is 86.6 Å². The van der Waals surface area contributed by atoms with Crippen LogP contribution in [0.25, 0.3) is 0 Å². The van der Waals surface area contributed by atoms with Crippen LogP contribution in [-0.2, 0) is 0 Å². The fourth-order valence-corrected chi connectivity index (χ4v) is 2.16. The van der Waals surface area contributed by atoms with Crippen molar-refractivity contribution in [1.82, 2.24) is 5.32 Å². The molecule has 1 N–H and O–H groups in total. The van der Waals surface area contributed by atoms with Crippen LogP contribution in [-0.4, -0.2) is 6.04 Å². The molecule has 0 aromatic rings. The monoisotopic (exact) mass is 189 g/mol. The largest absolute Gasteiger partial charge is 0.384 e. The number of allylic oxidation sites excluding steroid dienone is 2. The van der Waals surface area contributed by atoms with Gasteiger partial charge in [-0.25, -0.2) is 0 Å². The second-order valence-corrected chi connectivity index (χ2v) is 4.42. The maximum Gasteiger partial charge on any atom is 0.0542 e. The van der Waals surface area contributed by atoms with E-state index in [1.807, 2.05) is 0 Å². The number of rotatable bonds is 3. The standard InChI is InChI=1S/C13H19N/c1-3-10(2)8-11-9-14-13-7-5-4-6-12(11)13/h4-7,9-10,12-14H,3,8H2,1-2H3/t10-,12?,13?/m0/s1. The molecule has 1 heterocycles. The predicted molar refractivity (Wildman–Crippen MR) is 60.8 cm³/mol. The van der Waals surface area contributed by atoms with Gasteiger partial charge in [-0.15, -0.1) is 0 Å². The Morgan fingerprint density at radius 3 is 2.93 bits per heavy atom. The second kappa shape index (κ2) is 4.04. The quantitative estimate of drug-likeness (QED) is 0.719. The summed E-state index contributed by atoms with van der Waals surface area (Å²) in [5.41, 5.74) is 1.57. The molecule has 2 unspecified atom stereocenters. The van der Waals surface area contributed by atoms with Gasteiger partial charge in [0.05, 0.1) is 6.04 Å². The van der Waals surface area contributed by atoms with Crippen LogP contribution in [0.15, 0.2) is 36.1 Å². The first-order valence-corrected chi connectivity index (χ1v) is 5.61. The summed E-state index contributed by atoms with van der Waals surface area (Å²) in [5, 5.41) is 3.44. The Morgan fingerprint density at radius 2 is 2.14 bits per heavy atom. The highest BCUT2D eigenvalue weighted by molar-refractivity contribution is 5.31. The van der Waals surface area contributed by atoms with E-state index in [0.717, 1.165) is 5.92 Å². The van der Waals surface area contributed by atoms with Gasteiger partial charge < -0.3 is 5.32 Å². The third-order valence-corrected chi connectivity index (χ3v) is 3.31. The smallest absolute Gasteiger partial charge is 0.0542 e. The lowest BCUT2D eigenvalue weighted by Crippen LogP contribution is -2.25. The average molecular weight is 189 g/mol. The van der Waals surface area contributed by atoms with Crippen LogP contribution in [0.4, 0.5) is 0 Å². The molecule has 0 aromatic carbocycles. The molecule has 0 saturated heterocycles.